The zero-order chi connectivity index (χ0) is 10.8. The van der Waals surface area contributed by atoms with Crippen molar-refractivity contribution in [2.75, 3.05) is 0 Å². The molecule has 1 aromatic carbocycles. The molecule has 0 fully saturated rings. The Morgan fingerprint density at radius 2 is 1.87 bits per heavy atom. The number of aromatic hydroxyl groups is 1. The van der Waals surface area contributed by atoms with Crippen molar-refractivity contribution in [3.05, 3.63) is 24.3 Å². The van der Waals surface area contributed by atoms with Gasteiger partial charge in [0.15, 0.2) is 0 Å². The van der Waals surface area contributed by atoms with Crippen LogP contribution in [0.5, 0.6) is 5.75 Å². The van der Waals surface area contributed by atoms with Gasteiger partial charge in [0.1, 0.15) is 5.75 Å². The topological polar surface area (TPSA) is 63.8 Å². The van der Waals surface area contributed by atoms with Gasteiger partial charge in [-0.05, 0) is 43.3 Å². The van der Waals surface area contributed by atoms with Crippen molar-refractivity contribution in [1.82, 2.24) is 20.2 Å². The minimum atomic E-state index is 0.198. The van der Waals surface area contributed by atoms with Crippen molar-refractivity contribution < 1.29 is 5.11 Å². The average Bonchev–Trinajstić information content (AvgIpc) is 2.68. The molecule has 0 unspecified atom stereocenters. The average molecular weight is 204 g/mol. The van der Waals surface area contributed by atoms with Crippen LogP contribution in [-0.4, -0.2) is 25.3 Å². The summed E-state index contributed by atoms with van der Waals surface area (Å²) in [5.74, 6) is 0.804. The lowest BCUT2D eigenvalue weighted by Gasteiger charge is -1.99. The van der Waals surface area contributed by atoms with E-state index in [0.717, 1.165) is 5.56 Å². The van der Waals surface area contributed by atoms with E-state index in [2.05, 4.69) is 15.4 Å². The monoisotopic (exact) mass is 204 g/mol. The van der Waals surface area contributed by atoms with Crippen LogP contribution in [0.4, 0.5) is 0 Å². The maximum absolute atomic E-state index is 9.14. The van der Waals surface area contributed by atoms with Gasteiger partial charge < -0.3 is 5.11 Å². The van der Waals surface area contributed by atoms with E-state index in [0.29, 0.717) is 5.82 Å². The van der Waals surface area contributed by atoms with Gasteiger partial charge in [-0.1, -0.05) is 0 Å². The smallest absolute Gasteiger partial charge is 0.204 e. The molecule has 0 amide bonds. The summed E-state index contributed by atoms with van der Waals surface area (Å²) in [4.78, 5) is 1.56. The summed E-state index contributed by atoms with van der Waals surface area (Å²) in [5, 5.41) is 21.2. The lowest BCUT2D eigenvalue weighted by Crippen LogP contribution is -2.04. The van der Waals surface area contributed by atoms with Gasteiger partial charge in [0.05, 0.1) is 6.04 Å². The van der Waals surface area contributed by atoms with E-state index in [1.807, 2.05) is 13.8 Å². The lowest BCUT2D eigenvalue weighted by atomic mass is 10.2. The maximum atomic E-state index is 9.14. The van der Waals surface area contributed by atoms with Crippen LogP contribution < -0.4 is 0 Å². The van der Waals surface area contributed by atoms with Crippen LogP contribution in [0.3, 0.4) is 0 Å². The molecule has 15 heavy (non-hydrogen) atoms. The number of hydrogen-bond donors (Lipinski definition) is 1. The van der Waals surface area contributed by atoms with Gasteiger partial charge in [0.2, 0.25) is 5.82 Å². The number of tetrazole rings is 1. The minimum absolute atomic E-state index is 0.198. The lowest BCUT2D eigenvalue weighted by molar-refractivity contribution is 0.455. The first-order valence-electron chi connectivity index (χ1n) is 4.76. The summed E-state index contributed by atoms with van der Waals surface area (Å²) in [7, 11) is 0. The Balaban J connectivity index is 2.33. The first kappa shape index (κ1) is 9.64. The highest BCUT2D eigenvalue weighted by Crippen LogP contribution is 2.17. The molecule has 0 saturated carbocycles. The number of phenolic OH excluding ortho intramolecular Hbond substituents is 1. The van der Waals surface area contributed by atoms with Crippen LogP contribution in [0.2, 0.25) is 0 Å². The zero-order valence-electron chi connectivity index (χ0n) is 8.62. The molecule has 0 aliphatic heterocycles. The molecule has 2 aromatic rings. The van der Waals surface area contributed by atoms with Gasteiger partial charge >= 0.3 is 0 Å². The fourth-order valence-electron chi connectivity index (χ4n) is 1.17. The molecular weight excluding hydrogens is 192 g/mol. The maximum Gasteiger partial charge on any atom is 0.204 e. The van der Waals surface area contributed by atoms with Crippen molar-refractivity contribution in [1.29, 1.82) is 0 Å². The van der Waals surface area contributed by atoms with E-state index in [9.17, 15) is 0 Å². The largest absolute Gasteiger partial charge is 0.508 e. The predicted octanol–water partition coefficient (Wildman–Crippen LogP) is 1.63. The fourth-order valence-corrected chi connectivity index (χ4v) is 1.17. The van der Waals surface area contributed by atoms with Crippen LogP contribution in [0, 0.1) is 0 Å². The van der Waals surface area contributed by atoms with Crippen molar-refractivity contribution in [3.63, 3.8) is 0 Å². The molecule has 1 heterocycles. The number of aromatic nitrogens is 4. The number of phenols is 1. The molecule has 0 spiro atoms. The van der Waals surface area contributed by atoms with E-state index < -0.39 is 0 Å². The molecule has 0 bridgehead atoms. The summed E-state index contributed by atoms with van der Waals surface area (Å²) in [6, 6.07) is 6.92. The Bertz CT molecular complexity index is 447. The third-order valence-electron chi connectivity index (χ3n) is 2.02. The van der Waals surface area contributed by atoms with Gasteiger partial charge in [-0.25, -0.2) is 0 Å². The van der Waals surface area contributed by atoms with Crippen LogP contribution in [0.1, 0.15) is 19.9 Å². The molecule has 0 aliphatic carbocycles. The second-order valence-corrected chi connectivity index (χ2v) is 3.57. The number of hydrogen-bond acceptors (Lipinski definition) is 4. The standard InChI is InChI=1S/C10H12N4O/c1-7(2)14-12-10(11-13-14)8-3-5-9(15)6-4-8/h3-7,15H,1-2H3. The summed E-state index contributed by atoms with van der Waals surface area (Å²) in [5.41, 5.74) is 0.847. The quantitative estimate of drug-likeness (QED) is 0.807. The first-order chi connectivity index (χ1) is 7.16. The van der Waals surface area contributed by atoms with Crippen LogP contribution in [0.25, 0.3) is 11.4 Å². The molecular formula is C10H12N4O. The van der Waals surface area contributed by atoms with Gasteiger partial charge in [-0.3, -0.25) is 0 Å². The summed E-state index contributed by atoms with van der Waals surface area (Å²) >= 11 is 0. The number of rotatable bonds is 2. The number of benzene rings is 1. The van der Waals surface area contributed by atoms with Crippen molar-refractivity contribution >= 4 is 0 Å². The van der Waals surface area contributed by atoms with Gasteiger partial charge in [-0.2, -0.15) is 4.80 Å². The predicted molar refractivity (Wildman–Crippen MR) is 55.3 cm³/mol. The van der Waals surface area contributed by atoms with E-state index in [1.165, 1.54) is 0 Å². The van der Waals surface area contributed by atoms with E-state index >= 15 is 0 Å². The highest BCUT2D eigenvalue weighted by atomic mass is 16.3. The molecule has 2 rings (SSSR count). The molecule has 0 atom stereocenters. The first-order valence-corrected chi connectivity index (χ1v) is 4.76. The second-order valence-electron chi connectivity index (χ2n) is 3.57. The minimum Gasteiger partial charge on any atom is -0.508 e. The molecule has 1 N–H and O–H groups in total. The van der Waals surface area contributed by atoms with E-state index in [1.54, 1.807) is 29.1 Å². The molecule has 1 aromatic heterocycles. The molecule has 0 radical (unpaired) electrons. The third-order valence-corrected chi connectivity index (χ3v) is 2.02. The highest BCUT2D eigenvalue weighted by Gasteiger charge is 2.07. The van der Waals surface area contributed by atoms with Crippen molar-refractivity contribution in [3.8, 4) is 17.1 Å². The van der Waals surface area contributed by atoms with Gasteiger partial charge in [0.25, 0.3) is 0 Å². The number of nitrogens with zero attached hydrogens (tertiary/aromatic N) is 4. The Kier molecular flexibility index (Phi) is 2.37. The van der Waals surface area contributed by atoms with Crippen LogP contribution in [0.15, 0.2) is 24.3 Å². The molecule has 5 heteroatoms. The molecule has 5 nitrogen and oxygen atoms in total. The molecule has 0 aliphatic rings. The Morgan fingerprint density at radius 3 is 2.40 bits per heavy atom. The van der Waals surface area contributed by atoms with Crippen LogP contribution in [-0.2, 0) is 0 Å². The summed E-state index contributed by atoms with van der Waals surface area (Å²) in [6.07, 6.45) is 0. The normalized spacial score (nSPS) is 10.9. The Hall–Kier alpha value is -1.91. The van der Waals surface area contributed by atoms with Gasteiger partial charge in [0, 0.05) is 5.56 Å². The van der Waals surface area contributed by atoms with Crippen LogP contribution >= 0.6 is 0 Å². The summed E-state index contributed by atoms with van der Waals surface area (Å²) in [6.45, 7) is 3.98. The highest BCUT2D eigenvalue weighted by molar-refractivity contribution is 5.54. The molecule has 78 valence electrons. The fraction of sp³-hybridized carbons (Fsp3) is 0.300. The van der Waals surface area contributed by atoms with E-state index in [-0.39, 0.29) is 11.8 Å². The Labute approximate surface area is 87.4 Å². The van der Waals surface area contributed by atoms with E-state index in [4.69, 9.17) is 5.11 Å². The SMILES string of the molecule is CC(C)n1nnc(-c2ccc(O)cc2)n1. The summed E-state index contributed by atoms with van der Waals surface area (Å²) < 4.78 is 0. The Morgan fingerprint density at radius 1 is 1.20 bits per heavy atom. The third kappa shape index (κ3) is 1.96. The van der Waals surface area contributed by atoms with Crippen molar-refractivity contribution in [2.45, 2.75) is 19.9 Å². The zero-order valence-corrected chi connectivity index (χ0v) is 8.62. The van der Waals surface area contributed by atoms with Crippen molar-refractivity contribution in [2.24, 2.45) is 0 Å². The molecule has 0 saturated heterocycles. The van der Waals surface area contributed by atoms with Gasteiger partial charge in [-0.15, -0.1) is 10.2 Å². The second kappa shape index (κ2) is 3.68.